The van der Waals surface area contributed by atoms with Crippen molar-refractivity contribution in [1.29, 1.82) is 0 Å². The normalized spacial score (nSPS) is 10.5. The zero-order valence-corrected chi connectivity index (χ0v) is 12.8. The maximum absolute atomic E-state index is 13.7. The smallest absolute Gasteiger partial charge is 0.200 e. The van der Waals surface area contributed by atoms with Gasteiger partial charge in [-0.25, -0.2) is 4.39 Å². The highest BCUT2D eigenvalue weighted by atomic mass is 19.2. The predicted molar refractivity (Wildman–Crippen MR) is 79.6 cm³/mol. The van der Waals surface area contributed by atoms with Gasteiger partial charge in [0.1, 0.15) is 5.75 Å². The van der Waals surface area contributed by atoms with Crippen molar-refractivity contribution in [2.24, 2.45) is 0 Å². The molecule has 2 aromatic rings. The van der Waals surface area contributed by atoms with E-state index in [1.165, 1.54) is 27.2 Å². The summed E-state index contributed by atoms with van der Waals surface area (Å²) in [4.78, 5) is 11.8. The Morgan fingerprint density at radius 3 is 2.18 bits per heavy atom. The summed E-state index contributed by atoms with van der Waals surface area (Å²) < 4.78 is 37.3. The Hall–Kier alpha value is -2.43. The SMILES string of the molecule is COc1cc(-c2cc(C)c(OC)c(C(C)=O)c2)cc(F)c1F. The molecule has 0 fully saturated rings. The molecule has 0 aliphatic carbocycles. The van der Waals surface area contributed by atoms with E-state index in [0.29, 0.717) is 22.4 Å². The number of carbonyl (C=O) groups is 1. The van der Waals surface area contributed by atoms with Gasteiger partial charge in [-0.05, 0) is 54.8 Å². The van der Waals surface area contributed by atoms with E-state index in [9.17, 15) is 13.6 Å². The molecule has 0 unspecified atom stereocenters. The Bertz CT molecular complexity index is 739. The van der Waals surface area contributed by atoms with E-state index in [4.69, 9.17) is 9.47 Å². The number of hydrogen-bond donors (Lipinski definition) is 0. The molecule has 2 aromatic carbocycles. The molecular formula is C17H16F2O3. The van der Waals surface area contributed by atoms with Gasteiger partial charge >= 0.3 is 0 Å². The number of halogens is 2. The van der Waals surface area contributed by atoms with Gasteiger partial charge in [-0.15, -0.1) is 0 Å². The van der Waals surface area contributed by atoms with Crippen molar-refractivity contribution in [3.8, 4) is 22.6 Å². The molecular weight excluding hydrogens is 290 g/mol. The molecule has 0 atom stereocenters. The van der Waals surface area contributed by atoms with Gasteiger partial charge < -0.3 is 9.47 Å². The zero-order chi connectivity index (χ0) is 16.4. The molecule has 22 heavy (non-hydrogen) atoms. The second kappa shape index (κ2) is 6.13. The Labute approximate surface area is 127 Å². The molecule has 0 spiro atoms. The third-order valence-electron chi connectivity index (χ3n) is 3.41. The summed E-state index contributed by atoms with van der Waals surface area (Å²) in [6.07, 6.45) is 0. The van der Waals surface area contributed by atoms with Gasteiger partial charge in [0.2, 0.25) is 5.82 Å². The van der Waals surface area contributed by atoms with Crippen LogP contribution in [0.3, 0.4) is 0 Å². The van der Waals surface area contributed by atoms with Gasteiger partial charge in [-0.3, -0.25) is 4.79 Å². The van der Waals surface area contributed by atoms with Crippen molar-refractivity contribution >= 4 is 5.78 Å². The van der Waals surface area contributed by atoms with Gasteiger partial charge in [0, 0.05) is 0 Å². The van der Waals surface area contributed by atoms with Gasteiger partial charge in [0.05, 0.1) is 19.8 Å². The van der Waals surface area contributed by atoms with Crippen LogP contribution >= 0.6 is 0 Å². The molecule has 116 valence electrons. The molecule has 0 amide bonds. The number of hydrogen-bond acceptors (Lipinski definition) is 3. The van der Waals surface area contributed by atoms with Gasteiger partial charge in [0.25, 0.3) is 0 Å². The van der Waals surface area contributed by atoms with Crippen LogP contribution in [-0.2, 0) is 0 Å². The third kappa shape index (κ3) is 2.79. The van der Waals surface area contributed by atoms with Crippen molar-refractivity contribution in [3.63, 3.8) is 0 Å². The number of carbonyl (C=O) groups excluding carboxylic acids is 1. The summed E-state index contributed by atoms with van der Waals surface area (Å²) in [5.74, 6) is -1.93. The lowest BCUT2D eigenvalue weighted by Gasteiger charge is -2.13. The molecule has 0 radical (unpaired) electrons. The Morgan fingerprint density at radius 1 is 1.00 bits per heavy atom. The lowest BCUT2D eigenvalue weighted by Crippen LogP contribution is -2.01. The molecule has 3 nitrogen and oxygen atoms in total. The van der Waals surface area contributed by atoms with E-state index in [1.54, 1.807) is 19.1 Å². The first-order chi connectivity index (χ1) is 10.4. The van der Waals surface area contributed by atoms with Crippen LogP contribution in [0.4, 0.5) is 8.78 Å². The lowest BCUT2D eigenvalue weighted by atomic mass is 9.97. The van der Waals surface area contributed by atoms with Crippen molar-refractivity contribution in [2.45, 2.75) is 13.8 Å². The maximum Gasteiger partial charge on any atom is 0.200 e. The van der Waals surface area contributed by atoms with Crippen LogP contribution in [0.1, 0.15) is 22.8 Å². The topological polar surface area (TPSA) is 35.5 Å². The number of ether oxygens (including phenoxy) is 2. The predicted octanol–water partition coefficient (Wildman–Crippen LogP) is 4.16. The summed E-state index contributed by atoms with van der Waals surface area (Å²) in [7, 11) is 2.75. The summed E-state index contributed by atoms with van der Waals surface area (Å²) in [6, 6.07) is 5.81. The second-order valence-corrected chi connectivity index (χ2v) is 4.90. The average molecular weight is 306 g/mol. The van der Waals surface area contributed by atoms with Crippen LogP contribution in [0.2, 0.25) is 0 Å². The molecule has 0 bridgehead atoms. The van der Waals surface area contributed by atoms with Gasteiger partial charge in [0.15, 0.2) is 17.3 Å². The first kappa shape index (κ1) is 15.9. The van der Waals surface area contributed by atoms with Crippen LogP contribution in [0.25, 0.3) is 11.1 Å². The van der Waals surface area contributed by atoms with Gasteiger partial charge in [-0.1, -0.05) is 0 Å². The van der Waals surface area contributed by atoms with E-state index in [2.05, 4.69) is 0 Å². The van der Waals surface area contributed by atoms with Crippen LogP contribution in [0.15, 0.2) is 24.3 Å². The van der Waals surface area contributed by atoms with Crippen molar-refractivity contribution in [2.75, 3.05) is 14.2 Å². The summed E-state index contributed by atoms with van der Waals surface area (Å²) in [5, 5.41) is 0. The fourth-order valence-electron chi connectivity index (χ4n) is 2.35. The molecule has 2 rings (SSSR count). The number of benzene rings is 2. The summed E-state index contributed by atoms with van der Waals surface area (Å²) >= 11 is 0. The highest BCUT2D eigenvalue weighted by Gasteiger charge is 2.16. The first-order valence-electron chi connectivity index (χ1n) is 6.62. The third-order valence-corrected chi connectivity index (χ3v) is 3.41. The minimum atomic E-state index is -1.04. The minimum absolute atomic E-state index is 0.170. The number of methoxy groups -OCH3 is 2. The molecule has 0 heterocycles. The first-order valence-corrected chi connectivity index (χ1v) is 6.62. The van der Waals surface area contributed by atoms with Crippen LogP contribution in [0.5, 0.6) is 11.5 Å². The van der Waals surface area contributed by atoms with Crippen molar-refractivity contribution < 1.29 is 23.0 Å². The van der Waals surface area contributed by atoms with E-state index in [-0.39, 0.29) is 11.5 Å². The monoisotopic (exact) mass is 306 g/mol. The molecule has 0 saturated carbocycles. The summed E-state index contributed by atoms with van der Waals surface area (Å²) in [6.45, 7) is 3.21. The molecule has 5 heteroatoms. The van der Waals surface area contributed by atoms with E-state index in [1.807, 2.05) is 0 Å². The lowest BCUT2D eigenvalue weighted by molar-refractivity contribution is 0.101. The molecule has 0 aliphatic heterocycles. The molecule has 0 aliphatic rings. The Morgan fingerprint density at radius 2 is 1.64 bits per heavy atom. The van der Waals surface area contributed by atoms with E-state index in [0.717, 1.165) is 11.6 Å². The highest BCUT2D eigenvalue weighted by molar-refractivity contribution is 5.98. The van der Waals surface area contributed by atoms with Crippen LogP contribution < -0.4 is 9.47 Å². The van der Waals surface area contributed by atoms with Crippen molar-refractivity contribution in [1.82, 2.24) is 0 Å². The Balaban J connectivity index is 2.68. The minimum Gasteiger partial charge on any atom is -0.496 e. The number of Topliss-reactive ketones (excluding diaryl/α,β-unsaturated/α-hetero) is 1. The standard InChI is InChI=1S/C17H16F2O3/c1-9-5-11(6-13(10(2)20)17(9)22-4)12-7-14(18)16(19)15(8-12)21-3/h5-8H,1-4H3. The molecule has 0 saturated heterocycles. The highest BCUT2D eigenvalue weighted by Crippen LogP contribution is 2.33. The maximum atomic E-state index is 13.7. The largest absolute Gasteiger partial charge is 0.496 e. The van der Waals surface area contributed by atoms with E-state index < -0.39 is 11.6 Å². The zero-order valence-electron chi connectivity index (χ0n) is 12.8. The fraction of sp³-hybridized carbons (Fsp3) is 0.235. The fourth-order valence-corrected chi connectivity index (χ4v) is 2.35. The number of aryl methyl sites for hydroxylation is 1. The number of rotatable bonds is 4. The molecule has 0 aromatic heterocycles. The van der Waals surface area contributed by atoms with E-state index >= 15 is 0 Å². The second-order valence-electron chi connectivity index (χ2n) is 4.90. The molecule has 0 N–H and O–H groups in total. The average Bonchev–Trinajstić information content (AvgIpc) is 2.48. The van der Waals surface area contributed by atoms with Crippen LogP contribution in [0, 0.1) is 18.6 Å². The summed E-state index contributed by atoms with van der Waals surface area (Å²) in [5.41, 5.74) is 2.12. The van der Waals surface area contributed by atoms with Crippen molar-refractivity contribution in [3.05, 3.63) is 47.0 Å². The van der Waals surface area contributed by atoms with Gasteiger partial charge in [-0.2, -0.15) is 4.39 Å². The Kier molecular flexibility index (Phi) is 4.45. The van der Waals surface area contributed by atoms with Crippen LogP contribution in [-0.4, -0.2) is 20.0 Å². The quantitative estimate of drug-likeness (QED) is 0.796. The number of ketones is 1.